The molecule has 0 aromatic rings. The minimum absolute atomic E-state index is 0.284. The Labute approximate surface area is 113 Å². The SMILES string of the molecule is CN1CCN(C2(CN)CCCCCC2)CC1(C)C. The molecule has 0 spiro atoms. The van der Waals surface area contributed by atoms with Crippen molar-refractivity contribution in [3.8, 4) is 0 Å². The van der Waals surface area contributed by atoms with E-state index in [-0.39, 0.29) is 5.54 Å². The van der Waals surface area contributed by atoms with Crippen LogP contribution in [0.15, 0.2) is 0 Å². The molecule has 0 aromatic heterocycles. The van der Waals surface area contributed by atoms with Crippen LogP contribution in [-0.4, -0.2) is 54.1 Å². The minimum atomic E-state index is 0.284. The molecule has 1 aliphatic heterocycles. The van der Waals surface area contributed by atoms with E-state index in [1.807, 2.05) is 0 Å². The van der Waals surface area contributed by atoms with Crippen LogP contribution in [0.4, 0.5) is 0 Å². The number of nitrogens with zero attached hydrogens (tertiary/aromatic N) is 2. The predicted octanol–water partition coefficient (Wildman–Crippen LogP) is 2.06. The summed E-state index contributed by atoms with van der Waals surface area (Å²) in [6, 6.07) is 0. The molecule has 1 saturated heterocycles. The summed E-state index contributed by atoms with van der Waals surface area (Å²) in [7, 11) is 2.25. The van der Waals surface area contributed by atoms with Crippen LogP contribution in [0.1, 0.15) is 52.4 Å². The third-order valence-corrected chi connectivity index (χ3v) is 5.40. The zero-order chi connectivity index (χ0) is 13.2. The molecule has 0 unspecified atom stereocenters. The molecule has 2 aliphatic rings. The Bertz CT molecular complexity index is 267. The molecule has 3 heteroatoms. The second-order valence-corrected chi connectivity index (χ2v) is 7.00. The quantitative estimate of drug-likeness (QED) is 0.765. The number of rotatable bonds is 2. The van der Waals surface area contributed by atoms with Crippen LogP contribution < -0.4 is 5.73 Å². The lowest BCUT2D eigenvalue weighted by Gasteiger charge is -2.53. The van der Waals surface area contributed by atoms with Crippen LogP contribution in [0.5, 0.6) is 0 Å². The number of piperazine rings is 1. The van der Waals surface area contributed by atoms with Gasteiger partial charge in [0.15, 0.2) is 0 Å². The van der Waals surface area contributed by atoms with E-state index in [0.717, 1.165) is 6.54 Å². The number of hydrogen-bond donors (Lipinski definition) is 1. The van der Waals surface area contributed by atoms with E-state index >= 15 is 0 Å². The molecular formula is C15H31N3. The summed E-state index contributed by atoms with van der Waals surface area (Å²) < 4.78 is 0. The summed E-state index contributed by atoms with van der Waals surface area (Å²) >= 11 is 0. The molecule has 1 aliphatic carbocycles. The zero-order valence-electron chi connectivity index (χ0n) is 12.5. The van der Waals surface area contributed by atoms with E-state index in [9.17, 15) is 0 Å². The molecule has 0 bridgehead atoms. The molecule has 106 valence electrons. The van der Waals surface area contributed by atoms with Crippen LogP contribution >= 0.6 is 0 Å². The molecule has 0 aromatic carbocycles. The van der Waals surface area contributed by atoms with E-state index in [1.165, 1.54) is 58.2 Å². The van der Waals surface area contributed by atoms with Gasteiger partial charge in [-0.2, -0.15) is 0 Å². The van der Waals surface area contributed by atoms with Crippen LogP contribution in [0, 0.1) is 0 Å². The first kappa shape index (κ1) is 14.3. The Morgan fingerprint density at radius 1 is 1.00 bits per heavy atom. The number of likely N-dealkylation sites (N-methyl/N-ethyl adjacent to an activating group) is 1. The van der Waals surface area contributed by atoms with Gasteiger partial charge in [0.25, 0.3) is 0 Å². The molecule has 1 saturated carbocycles. The van der Waals surface area contributed by atoms with Gasteiger partial charge >= 0.3 is 0 Å². The van der Waals surface area contributed by atoms with Gasteiger partial charge in [-0.25, -0.2) is 0 Å². The third kappa shape index (κ3) is 2.73. The summed E-state index contributed by atoms with van der Waals surface area (Å²) in [6.07, 6.45) is 8.15. The van der Waals surface area contributed by atoms with E-state index in [0.29, 0.717) is 5.54 Å². The first-order chi connectivity index (χ1) is 8.50. The van der Waals surface area contributed by atoms with Gasteiger partial charge in [0, 0.05) is 37.3 Å². The topological polar surface area (TPSA) is 32.5 Å². The van der Waals surface area contributed by atoms with Gasteiger partial charge in [0.1, 0.15) is 0 Å². The maximum absolute atomic E-state index is 6.21. The van der Waals surface area contributed by atoms with Gasteiger partial charge in [-0.1, -0.05) is 25.7 Å². The molecule has 18 heavy (non-hydrogen) atoms. The molecule has 0 atom stereocenters. The molecule has 0 radical (unpaired) electrons. The van der Waals surface area contributed by atoms with Crippen molar-refractivity contribution in [3.05, 3.63) is 0 Å². The van der Waals surface area contributed by atoms with Crippen LogP contribution in [0.3, 0.4) is 0 Å². The van der Waals surface area contributed by atoms with Gasteiger partial charge < -0.3 is 5.73 Å². The van der Waals surface area contributed by atoms with Crippen LogP contribution in [0.25, 0.3) is 0 Å². The highest BCUT2D eigenvalue weighted by molar-refractivity contribution is 4.99. The van der Waals surface area contributed by atoms with Crippen molar-refractivity contribution in [2.24, 2.45) is 5.73 Å². The van der Waals surface area contributed by atoms with E-state index < -0.39 is 0 Å². The molecule has 2 rings (SSSR count). The fourth-order valence-corrected chi connectivity index (χ4v) is 3.68. The average molecular weight is 253 g/mol. The summed E-state index contributed by atoms with van der Waals surface area (Å²) in [5.74, 6) is 0. The summed E-state index contributed by atoms with van der Waals surface area (Å²) in [5, 5.41) is 0. The Balaban J connectivity index is 2.12. The van der Waals surface area contributed by atoms with Crippen LogP contribution in [-0.2, 0) is 0 Å². The number of nitrogens with two attached hydrogens (primary N) is 1. The van der Waals surface area contributed by atoms with Crippen molar-refractivity contribution in [1.29, 1.82) is 0 Å². The molecule has 1 heterocycles. The van der Waals surface area contributed by atoms with Crippen molar-refractivity contribution in [2.75, 3.05) is 33.2 Å². The average Bonchev–Trinajstić information content (AvgIpc) is 2.59. The Morgan fingerprint density at radius 3 is 2.11 bits per heavy atom. The van der Waals surface area contributed by atoms with Crippen molar-refractivity contribution < 1.29 is 0 Å². The van der Waals surface area contributed by atoms with Gasteiger partial charge in [-0.05, 0) is 33.7 Å². The Kier molecular flexibility index (Phi) is 4.35. The van der Waals surface area contributed by atoms with Gasteiger partial charge in [-0.15, -0.1) is 0 Å². The lowest BCUT2D eigenvalue weighted by molar-refractivity contribution is -0.0281. The first-order valence-electron chi connectivity index (χ1n) is 7.67. The zero-order valence-corrected chi connectivity index (χ0v) is 12.5. The standard InChI is InChI=1S/C15H31N3/c1-14(2)13-18(11-10-17(14)3)15(12-16)8-6-4-5-7-9-15/h4-13,16H2,1-3H3. The van der Waals surface area contributed by atoms with Crippen molar-refractivity contribution in [3.63, 3.8) is 0 Å². The second kappa shape index (κ2) is 5.48. The largest absolute Gasteiger partial charge is 0.329 e. The smallest absolute Gasteiger partial charge is 0.0333 e. The van der Waals surface area contributed by atoms with Crippen molar-refractivity contribution in [2.45, 2.75) is 63.5 Å². The number of hydrogen-bond acceptors (Lipinski definition) is 3. The molecule has 0 amide bonds. The fraction of sp³-hybridized carbons (Fsp3) is 1.00. The summed E-state index contributed by atoms with van der Waals surface area (Å²) in [4.78, 5) is 5.21. The third-order valence-electron chi connectivity index (χ3n) is 5.40. The predicted molar refractivity (Wildman–Crippen MR) is 77.8 cm³/mol. The van der Waals surface area contributed by atoms with E-state index in [1.54, 1.807) is 0 Å². The normalized spacial score (nSPS) is 30.0. The van der Waals surface area contributed by atoms with E-state index in [4.69, 9.17) is 5.73 Å². The highest BCUT2D eigenvalue weighted by atomic mass is 15.3. The summed E-state index contributed by atoms with van der Waals surface area (Å²) in [6.45, 7) is 9.10. The Morgan fingerprint density at radius 2 is 1.61 bits per heavy atom. The second-order valence-electron chi connectivity index (χ2n) is 7.00. The lowest BCUT2D eigenvalue weighted by atomic mass is 9.85. The molecule has 3 nitrogen and oxygen atoms in total. The van der Waals surface area contributed by atoms with Gasteiger partial charge in [0.2, 0.25) is 0 Å². The molecule has 2 fully saturated rings. The summed E-state index contributed by atoms with van der Waals surface area (Å²) in [5.41, 5.74) is 6.79. The molecule has 2 N–H and O–H groups in total. The highest BCUT2D eigenvalue weighted by Crippen LogP contribution is 2.35. The highest BCUT2D eigenvalue weighted by Gasteiger charge is 2.41. The lowest BCUT2D eigenvalue weighted by Crippen LogP contribution is -2.65. The monoisotopic (exact) mass is 253 g/mol. The maximum Gasteiger partial charge on any atom is 0.0333 e. The van der Waals surface area contributed by atoms with Gasteiger partial charge in [0.05, 0.1) is 0 Å². The van der Waals surface area contributed by atoms with Crippen molar-refractivity contribution in [1.82, 2.24) is 9.80 Å². The maximum atomic E-state index is 6.21. The van der Waals surface area contributed by atoms with Gasteiger partial charge in [-0.3, -0.25) is 9.80 Å². The van der Waals surface area contributed by atoms with E-state index in [2.05, 4.69) is 30.7 Å². The van der Waals surface area contributed by atoms with Crippen LogP contribution in [0.2, 0.25) is 0 Å². The first-order valence-corrected chi connectivity index (χ1v) is 7.67. The minimum Gasteiger partial charge on any atom is -0.329 e. The fourth-order valence-electron chi connectivity index (χ4n) is 3.68. The Hall–Kier alpha value is -0.120. The molecular weight excluding hydrogens is 222 g/mol. The van der Waals surface area contributed by atoms with Crippen molar-refractivity contribution >= 4 is 0 Å².